The molecule has 1 heterocycles. The van der Waals surface area contributed by atoms with Gasteiger partial charge < -0.3 is 10.2 Å². The Balaban J connectivity index is 2.27. The summed E-state index contributed by atoms with van der Waals surface area (Å²) in [6.07, 6.45) is 1.04. The van der Waals surface area contributed by atoms with Gasteiger partial charge >= 0.3 is 0 Å². The lowest BCUT2D eigenvalue weighted by Crippen LogP contribution is -2.35. The van der Waals surface area contributed by atoms with Crippen molar-refractivity contribution >= 4 is 17.2 Å². The van der Waals surface area contributed by atoms with Gasteiger partial charge in [0.2, 0.25) is 5.91 Å². The van der Waals surface area contributed by atoms with E-state index < -0.39 is 0 Å². The van der Waals surface area contributed by atoms with E-state index >= 15 is 0 Å². The third-order valence-corrected chi connectivity index (χ3v) is 2.65. The van der Waals surface area contributed by atoms with Crippen LogP contribution < -0.4 is 5.32 Å². The zero-order valence-electron chi connectivity index (χ0n) is 9.19. The quantitative estimate of drug-likeness (QED) is 0.740. The van der Waals surface area contributed by atoms with Crippen molar-refractivity contribution in [3.63, 3.8) is 0 Å². The first kappa shape index (κ1) is 12.1. The molecule has 15 heavy (non-hydrogen) atoms. The molecule has 0 saturated heterocycles. The van der Waals surface area contributed by atoms with E-state index in [4.69, 9.17) is 0 Å². The minimum atomic E-state index is 0.108. The third-order valence-electron chi connectivity index (χ3n) is 2.01. The van der Waals surface area contributed by atoms with E-state index in [1.165, 1.54) is 0 Å². The van der Waals surface area contributed by atoms with Gasteiger partial charge in [-0.05, 0) is 13.0 Å². The Kier molecular flexibility index (Phi) is 5.28. The Morgan fingerprint density at radius 2 is 2.47 bits per heavy atom. The number of nitrogens with zero attached hydrogens (tertiary/aromatic N) is 2. The number of hydrogen-bond donors (Lipinski definition) is 1. The summed E-state index contributed by atoms with van der Waals surface area (Å²) in [4.78, 5) is 17.4. The van der Waals surface area contributed by atoms with Crippen LogP contribution >= 0.6 is 11.3 Å². The number of likely N-dealkylation sites (N-methyl/N-ethyl adjacent to an activating group) is 1. The molecule has 0 fully saturated rings. The van der Waals surface area contributed by atoms with Gasteiger partial charge in [-0.25, -0.2) is 4.98 Å². The topological polar surface area (TPSA) is 45.2 Å². The summed E-state index contributed by atoms with van der Waals surface area (Å²) in [7, 11) is 1.80. The summed E-state index contributed by atoms with van der Waals surface area (Å²) in [5, 5.41) is 5.05. The van der Waals surface area contributed by atoms with Crippen LogP contribution in [0.3, 0.4) is 0 Å². The van der Waals surface area contributed by atoms with Gasteiger partial charge in [0.25, 0.3) is 0 Å². The highest BCUT2D eigenvalue weighted by atomic mass is 32.1. The van der Waals surface area contributed by atoms with Gasteiger partial charge in [0.1, 0.15) is 0 Å². The van der Waals surface area contributed by atoms with Crippen molar-refractivity contribution in [2.75, 3.05) is 20.1 Å². The van der Waals surface area contributed by atoms with Crippen LogP contribution in [-0.2, 0) is 11.3 Å². The van der Waals surface area contributed by atoms with Crippen LogP contribution in [0.15, 0.2) is 10.9 Å². The predicted octanol–water partition coefficient (Wildman–Crippen LogP) is 1.10. The monoisotopic (exact) mass is 227 g/mol. The Labute approximate surface area is 94.3 Å². The van der Waals surface area contributed by atoms with E-state index in [0.717, 1.165) is 18.7 Å². The number of thiazole rings is 1. The van der Waals surface area contributed by atoms with Crippen molar-refractivity contribution in [2.24, 2.45) is 0 Å². The highest BCUT2D eigenvalue weighted by molar-refractivity contribution is 7.07. The fraction of sp³-hybridized carbons (Fsp3) is 0.600. The molecule has 84 valence electrons. The normalized spacial score (nSPS) is 10.3. The van der Waals surface area contributed by atoms with Gasteiger partial charge in [-0.1, -0.05) is 6.92 Å². The molecule has 1 aromatic heterocycles. The van der Waals surface area contributed by atoms with E-state index in [1.807, 2.05) is 5.38 Å². The smallest absolute Gasteiger partial charge is 0.236 e. The van der Waals surface area contributed by atoms with Crippen LogP contribution in [0.4, 0.5) is 0 Å². The molecule has 4 nitrogen and oxygen atoms in total. The maximum Gasteiger partial charge on any atom is 0.236 e. The summed E-state index contributed by atoms with van der Waals surface area (Å²) in [5.41, 5.74) is 2.73. The molecule has 1 N–H and O–H groups in total. The number of nitrogens with one attached hydrogen (secondary N) is 1. The first-order chi connectivity index (χ1) is 7.24. The van der Waals surface area contributed by atoms with Crippen molar-refractivity contribution in [3.8, 4) is 0 Å². The van der Waals surface area contributed by atoms with Crippen LogP contribution in [-0.4, -0.2) is 35.9 Å². The first-order valence-electron chi connectivity index (χ1n) is 5.05. The summed E-state index contributed by atoms with van der Waals surface area (Å²) in [5.74, 6) is 0.108. The van der Waals surface area contributed by atoms with Crippen molar-refractivity contribution in [1.82, 2.24) is 15.2 Å². The molecule has 0 bridgehead atoms. The second-order valence-corrected chi connectivity index (χ2v) is 4.13. The van der Waals surface area contributed by atoms with E-state index in [0.29, 0.717) is 13.1 Å². The second kappa shape index (κ2) is 6.53. The van der Waals surface area contributed by atoms with Crippen LogP contribution in [0.1, 0.15) is 19.0 Å². The van der Waals surface area contributed by atoms with E-state index in [2.05, 4.69) is 17.2 Å². The molecule has 0 atom stereocenters. The van der Waals surface area contributed by atoms with Gasteiger partial charge in [0.15, 0.2) is 0 Å². The van der Waals surface area contributed by atoms with E-state index in [9.17, 15) is 4.79 Å². The number of hydrogen-bond acceptors (Lipinski definition) is 4. The summed E-state index contributed by atoms with van der Waals surface area (Å²) >= 11 is 1.55. The predicted molar refractivity (Wildman–Crippen MR) is 61.7 cm³/mol. The summed E-state index contributed by atoms with van der Waals surface area (Å²) in [6, 6.07) is 0. The minimum Gasteiger partial charge on any atom is -0.339 e. The molecule has 0 radical (unpaired) electrons. The van der Waals surface area contributed by atoms with Crippen molar-refractivity contribution < 1.29 is 4.79 Å². The molecule has 1 amide bonds. The van der Waals surface area contributed by atoms with Crippen molar-refractivity contribution in [2.45, 2.75) is 19.9 Å². The average molecular weight is 227 g/mol. The molecule has 0 saturated carbocycles. The molecular formula is C10H17N3OS. The number of rotatable bonds is 6. The third kappa shape index (κ3) is 4.40. The lowest BCUT2D eigenvalue weighted by molar-refractivity contribution is -0.129. The maximum absolute atomic E-state index is 11.6. The number of amides is 1. The van der Waals surface area contributed by atoms with Gasteiger partial charge in [0, 0.05) is 12.4 Å². The highest BCUT2D eigenvalue weighted by Gasteiger charge is 2.08. The molecule has 0 aromatic carbocycles. The second-order valence-electron chi connectivity index (χ2n) is 3.41. The fourth-order valence-corrected chi connectivity index (χ4v) is 1.70. The van der Waals surface area contributed by atoms with Crippen molar-refractivity contribution in [1.29, 1.82) is 0 Å². The van der Waals surface area contributed by atoms with Gasteiger partial charge in [0.05, 0.1) is 24.3 Å². The van der Waals surface area contributed by atoms with Gasteiger partial charge in [-0.3, -0.25) is 4.79 Å². The van der Waals surface area contributed by atoms with Crippen LogP contribution in [0.5, 0.6) is 0 Å². The molecule has 1 rings (SSSR count). The molecule has 0 spiro atoms. The number of aromatic nitrogens is 1. The number of carbonyl (C=O) groups is 1. The molecule has 5 heteroatoms. The zero-order chi connectivity index (χ0) is 11.1. The molecule has 0 aliphatic rings. The molecular weight excluding hydrogens is 210 g/mol. The number of carbonyl (C=O) groups excluding carboxylic acids is 1. The van der Waals surface area contributed by atoms with Crippen molar-refractivity contribution in [3.05, 3.63) is 16.6 Å². The van der Waals surface area contributed by atoms with Crippen LogP contribution in [0, 0.1) is 0 Å². The lowest BCUT2D eigenvalue weighted by Gasteiger charge is -2.15. The lowest BCUT2D eigenvalue weighted by atomic mass is 10.4. The Hall–Kier alpha value is -0.940. The standard InChI is InChI=1S/C10H17N3OS/c1-3-4-11-5-10(14)13(2)6-9-7-15-8-12-9/h7-8,11H,3-6H2,1-2H3. The highest BCUT2D eigenvalue weighted by Crippen LogP contribution is 2.03. The Bertz CT molecular complexity index is 287. The zero-order valence-corrected chi connectivity index (χ0v) is 10.0. The fourth-order valence-electron chi connectivity index (χ4n) is 1.15. The first-order valence-corrected chi connectivity index (χ1v) is 6.00. The minimum absolute atomic E-state index is 0.108. The van der Waals surface area contributed by atoms with Gasteiger partial charge in [-0.2, -0.15) is 0 Å². The Morgan fingerprint density at radius 1 is 1.67 bits per heavy atom. The largest absolute Gasteiger partial charge is 0.339 e. The van der Waals surface area contributed by atoms with E-state index in [1.54, 1.807) is 28.8 Å². The Morgan fingerprint density at radius 3 is 3.07 bits per heavy atom. The molecule has 1 aromatic rings. The average Bonchev–Trinajstić information content (AvgIpc) is 2.70. The summed E-state index contributed by atoms with van der Waals surface area (Å²) < 4.78 is 0. The summed E-state index contributed by atoms with van der Waals surface area (Å²) in [6.45, 7) is 3.97. The SMILES string of the molecule is CCCNCC(=O)N(C)Cc1cscn1. The van der Waals surface area contributed by atoms with E-state index in [-0.39, 0.29) is 5.91 Å². The van der Waals surface area contributed by atoms with Crippen LogP contribution in [0.25, 0.3) is 0 Å². The van der Waals surface area contributed by atoms with Crippen LogP contribution in [0.2, 0.25) is 0 Å². The van der Waals surface area contributed by atoms with Gasteiger partial charge in [-0.15, -0.1) is 11.3 Å². The molecule has 0 aliphatic heterocycles. The molecule has 0 aliphatic carbocycles. The molecule has 0 unspecified atom stereocenters. The maximum atomic E-state index is 11.6.